The number of hydrogen-bond donors (Lipinski definition) is 0. The number of likely N-dealkylation sites (tertiary alicyclic amines) is 1. The largest absolute Gasteiger partial charge is 0.343 e. The fraction of sp³-hybridized carbons (Fsp3) is 0.917. The summed E-state index contributed by atoms with van der Waals surface area (Å²) in [5.41, 5.74) is 0. The van der Waals surface area contributed by atoms with Gasteiger partial charge in [0.1, 0.15) is 0 Å². The lowest BCUT2D eigenvalue weighted by molar-refractivity contribution is -0.132. The van der Waals surface area contributed by atoms with Crippen molar-refractivity contribution in [3.8, 4) is 0 Å². The molecular weight excluding hydrogens is 206 g/mol. The van der Waals surface area contributed by atoms with E-state index < -0.39 is 0 Å². The predicted octanol–water partition coefficient (Wildman–Crippen LogP) is 2.53. The van der Waals surface area contributed by atoms with Crippen molar-refractivity contribution >= 4 is 17.7 Å². The molecule has 0 bridgehead atoms. The van der Waals surface area contributed by atoms with Crippen LogP contribution in [0.1, 0.15) is 38.5 Å². The van der Waals surface area contributed by atoms with E-state index in [9.17, 15) is 4.79 Å². The van der Waals surface area contributed by atoms with Crippen LogP contribution in [0.15, 0.2) is 0 Å². The topological polar surface area (TPSA) is 20.3 Å². The fourth-order valence-corrected chi connectivity index (χ4v) is 2.92. The maximum absolute atomic E-state index is 11.8. The molecule has 0 aromatic carbocycles. The van der Waals surface area contributed by atoms with Crippen molar-refractivity contribution in [1.82, 2.24) is 4.90 Å². The summed E-state index contributed by atoms with van der Waals surface area (Å²) in [5.74, 6) is 1.29. The van der Waals surface area contributed by atoms with Gasteiger partial charge < -0.3 is 4.90 Å². The van der Waals surface area contributed by atoms with Crippen LogP contribution in [0.3, 0.4) is 0 Å². The fourth-order valence-electron chi connectivity index (χ4n) is 2.23. The van der Waals surface area contributed by atoms with Crippen molar-refractivity contribution in [1.29, 1.82) is 0 Å². The Kier molecular flexibility index (Phi) is 3.95. The Morgan fingerprint density at radius 2 is 1.93 bits per heavy atom. The van der Waals surface area contributed by atoms with Crippen LogP contribution < -0.4 is 0 Å². The minimum atomic E-state index is 0.404. The predicted molar refractivity (Wildman–Crippen MR) is 65.1 cm³/mol. The Hall–Kier alpha value is -0.180. The third-order valence-electron chi connectivity index (χ3n) is 3.59. The van der Waals surface area contributed by atoms with E-state index in [1.165, 1.54) is 25.7 Å². The number of thioether (sulfide) groups is 1. The number of hydrogen-bond acceptors (Lipinski definition) is 2. The van der Waals surface area contributed by atoms with Gasteiger partial charge in [-0.3, -0.25) is 4.79 Å². The molecule has 1 amide bonds. The minimum Gasteiger partial charge on any atom is -0.343 e. The molecule has 3 heteroatoms. The molecular formula is C12H21NOS. The molecule has 1 aliphatic carbocycles. The lowest BCUT2D eigenvalue weighted by Gasteiger charge is -2.31. The number of carbonyl (C=O) groups excluding carboxylic acids is 1. The lowest BCUT2D eigenvalue weighted by atomic mass is 10.1. The van der Waals surface area contributed by atoms with Crippen LogP contribution in [-0.2, 0) is 4.79 Å². The summed E-state index contributed by atoms with van der Waals surface area (Å²) in [6.45, 7) is 1.99. The summed E-state index contributed by atoms with van der Waals surface area (Å²) < 4.78 is 0. The summed E-state index contributed by atoms with van der Waals surface area (Å²) in [4.78, 5) is 13.9. The molecule has 2 fully saturated rings. The van der Waals surface area contributed by atoms with Crippen LogP contribution in [0.4, 0.5) is 0 Å². The van der Waals surface area contributed by atoms with Gasteiger partial charge in [-0.2, -0.15) is 11.8 Å². The second-order valence-electron chi connectivity index (χ2n) is 4.80. The maximum Gasteiger partial charge on any atom is 0.222 e. The summed E-state index contributed by atoms with van der Waals surface area (Å²) in [6.07, 6.45) is 9.22. The van der Waals surface area contributed by atoms with Crippen LogP contribution in [0, 0.1) is 5.92 Å². The summed E-state index contributed by atoms with van der Waals surface area (Å²) >= 11 is 1.95. The third-order valence-corrected chi connectivity index (χ3v) is 4.73. The van der Waals surface area contributed by atoms with E-state index in [1.807, 2.05) is 11.8 Å². The Balaban J connectivity index is 1.66. The first-order valence-corrected chi connectivity index (χ1v) is 7.39. The van der Waals surface area contributed by atoms with Crippen molar-refractivity contribution in [3.05, 3.63) is 0 Å². The monoisotopic (exact) mass is 227 g/mol. The number of amides is 1. The Morgan fingerprint density at radius 3 is 2.47 bits per heavy atom. The summed E-state index contributed by atoms with van der Waals surface area (Å²) in [6, 6.07) is 0. The molecule has 0 atom stereocenters. The standard InChI is InChI=1S/C12H21NOS/c1-15-11-6-8-13(9-7-11)12(14)5-4-10-2-3-10/h10-11H,2-9H2,1H3. The third kappa shape index (κ3) is 3.40. The Labute approximate surface area is 96.8 Å². The minimum absolute atomic E-state index is 0.404. The Morgan fingerprint density at radius 1 is 1.27 bits per heavy atom. The molecule has 1 heterocycles. The van der Waals surface area contributed by atoms with Gasteiger partial charge in [0.05, 0.1) is 0 Å². The second-order valence-corrected chi connectivity index (χ2v) is 5.94. The van der Waals surface area contributed by atoms with Gasteiger partial charge in [0.25, 0.3) is 0 Å². The zero-order valence-electron chi connectivity index (χ0n) is 9.58. The van der Waals surface area contributed by atoms with E-state index in [-0.39, 0.29) is 0 Å². The van der Waals surface area contributed by atoms with Gasteiger partial charge in [0.2, 0.25) is 5.91 Å². The lowest BCUT2D eigenvalue weighted by Crippen LogP contribution is -2.39. The molecule has 0 aromatic heterocycles. The van der Waals surface area contributed by atoms with Crippen LogP contribution >= 0.6 is 11.8 Å². The van der Waals surface area contributed by atoms with Gasteiger partial charge in [-0.1, -0.05) is 12.8 Å². The van der Waals surface area contributed by atoms with Crippen LogP contribution in [-0.4, -0.2) is 35.4 Å². The molecule has 0 N–H and O–H groups in total. The highest BCUT2D eigenvalue weighted by molar-refractivity contribution is 7.99. The zero-order valence-corrected chi connectivity index (χ0v) is 10.4. The first-order valence-electron chi connectivity index (χ1n) is 6.10. The van der Waals surface area contributed by atoms with Gasteiger partial charge >= 0.3 is 0 Å². The SMILES string of the molecule is CSC1CCN(C(=O)CCC2CC2)CC1. The highest BCUT2D eigenvalue weighted by Crippen LogP contribution is 2.33. The molecule has 2 nitrogen and oxygen atoms in total. The molecule has 1 saturated heterocycles. The molecule has 0 radical (unpaired) electrons. The number of piperidine rings is 1. The van der Waals surface area contributed by atoms with Crippen molar-refractivity contribution in [2.75, 3.05) is 19.3 Å². The first-order chi connectivity index (χ1) is 7.29. The van der Waals surface area contributed by atoms with Crippen molar-refractivity contribution in [2.24, 2.45) is 5.92 Å². The molecule has 0 aromatic rings. The second kappa shape index (κ2) is 5.24. The average molecular weight is 227 g/mol. The molecule has 1 aliphatic heterocycles. The molecule has 15 heavy (non-hydrogen) atoms. The molecule has 0 spiro atoms. The zero-order chi connectivity index (χ0) is 10.7. The van der Waals surface area contributed by atoms with Gasteiger partial charge in [-0.15, -0.1) is 0 Å². The number of nitrogens with zero attached hydrogens (tertiary/aromatic N) is 1. The highest BCUT2D eigenvalue weighted by atomic mass is 32.2. The normalized spacial score (nSPS) is 23.1. The van der Waals surface area contributed by atoms with E-state index in [2.05, 4.69) is 11.2 Å². The van der Waals surface area contributed by atoms with E-state index in [0.717, 1.165) is 37.1 Å². The molecule has 1 saturated carbocycles. The maximum atomic E-state index is 11.8. The van der Waals surface area contributed by atoms with Crippen LogP contribution in [0.5, 0.6) is 0 Å². The molecule has 86 valence electrons. The highest BCUT2D eigenvalue weighted by Gasteiger charge is 2.25. The van der Waals surface area contributed by atoms with Crippen LogP contribution in [0.25, 0.3) is 0 Å². The van der Waals surface area contributed by atoms with Crippen molar-refractivity contribution < 1.29 is 4.79 Å². The first kappa shape index (κ1) is 11.3. The van der Waals surface area contributed by atoms with Gasteiger partial charge in [-0.25, -0.2) is 0 Å². The van der Waals surface area contributed by atoms with Crippen molar-refractivity contribution in [2.45, 2.75) is 43.8 Å². The van der Waals surface area contributed by atoms with Gasteiger partial charge in [0.15, 0.2) is 0 Å². The van der Waals surface area contributed by atoms with E-state index in [4.69, 9.17) is 0 Å². The number of carbonyl (C=O) groups is 1. The van der Waals surface area contributed by atoms with Crippen LogP contribution in [0.2, 0.25) is 0 Å². The van der Waals surface area contributed by atoms with Crippen molar-refractivity contribution in [3.63, 3.8) is 0 Å². The van der Waals surface area contributed by atoms with E-state index in [0.29, 0.717) is 5.91 Å². The quantitative estimate of drug-likeness (QED) is 0.735. The smallest absolute Gasteiger partial charge is 0.222 e. The number of rotatable bonds is 4. The molecule has 2 rings (SSSR count). The summed E-state index contributed by atoms with van der Waals surface area (Å²) in [7, 11) is 0. The van der Waals surface area contributed by atoms with Gasteiger partial charge in [-0.05, 0) is 31.4 Å². The van der Waals surface area contributed by atoms with Gasteiger partial charge in [0, 0.05) is 24.8 Å². The van der Waals surface area contributed by atoms with E-state index >= 15 is 0 Å². The van der Waals surface area contributed by atoms with E-state index in [1.54, 1.807) is 0 Å². The summed E-state index contributed by atoms with van der Waals surface area (Å²) in [5, 5.41) is 0.789. The average Bonchev–Trinajstić information content (AvgIpc) is 3.10. The Bertz CT molecular complexity index is 220. The molecule has 0 unspecified atom stereocenters. The molecule has 2 aliphatic rings.